The first kappa shape index (κ1) is 9.50. The van der Waals surface area contributed by atoms with Gasteiger partial charge in [-0.3, -0.25) is 10.1 Å². The van der Waals surface area contributed by atoms with Gasteiger partial charge in [-0.1, -0.05) is 0 Å². The van der Waals surface area contributed by atoms with Gasteiger partial charge in [0.05, 0.1) is 11.3 Å². The lowest BCUT2D eigenvalue weighted by Crippen LogP contribution is -1.98. The number of hydrogen-bond acceptors (Lipinski definition) is 2. The molecule has 0 N–H and O–H groups in total. The molecule has 0 aromatic rings. The average molecular weight is 191 g/mol. The third kappa shape index (κ3) is 1.95. The molecule has 0 radical (unpaired) electrons. The van der Waals surface area contributed by atoms with Gasteiger partial charge in [-0.15, -0.1) is 0 Å². The van der Waals surface area contributed by atoms with Crippen molar-refractivity contribution in [2.75, 3.05) is 0 Å². The zero-order valence-corrected chi connectivity index (χ0v) is 6.26. The van der Waals surface area contributed by atoms with Crippen molar-refractivity contribution >= 4 is 0 Å². The molecule has 0 amide bonds. The molecule has 0 unspecified atom stereocenters. The van der Waals surface area contributed by atoms with E-state index in [9.17, 15) is 23.3 Å². The van der Waals surface area contributed by atoms with Crippen LogP contribution in [0.25, 0.3) is 0 Å². The summed E-state index contributed by atoms with van der Waals surface area (Å²) in [6, 6.07) is 0. The lowest BCUT2D eigenvalue weighted by molar-refractivity contribution is -0.428. The minimum Gasteiger partial charge on any atom is -0.259 e. The molecule has 6 heteroatoms. The van der Waals surface area contributed by atoms with Gasteiger partial charge < -0.3 is 0 Å². The van der Waals surface area contributed by atoms with Crippen molar-refractivity contribution in [3.63, 3.8) is 0 Å². The minimum atomic E-state index is -1.44. The van der Waals surface area contributed by atoms with Gasteiger partial charge in [0.15, 0.2) is 17.5 Å². The normalized spacial score (nSPS) is 17.8. The molecule has 1 aliphatic rings. The molecular weight excluding hydrogens is 187 g/mol. The van der Waals surface area contributed by atoms with E-state index in [4.69, 9.17) is 0 Å². The molecule has 0 saturated heterocycles. The summed E-state index contributed by atoms with van der Waals surface area (Å²) in [7, 11) is 0. The lowest BCUT2D eigenvalue weighted by atomic mass is 10.3. The first-order valence-electron chi connectivity index (χ1n) is 3.28. The van der Waals surface area contributed by atoms with Crippen LogP contribution in [0.2, 0.25) is 0 Å². The largest absolute Gasteiger partial charge is 0.285 e. The van der Waals surface area contributed by atoms with Crippen LogP contribution >= 0.6 is 0 Å². The van der Waals surface area contributed by atoms with Gasteiger partial charge in [0.1, 0.15) is 0 Å². The summed E-state index contributed by atoms with van der Waals surface area (Å²) in [6.45, 7) is 0. The summed E-state index contributed by atoms with van der Waals surface area (Å²) in [4.78, 5) is 9.13. The molecule has 13 heavy (non-hydrogen) atoms. The van der Waals surface area contributed by atoms with Crippen LogP contribution in [0, 0.1) is 10.1 Å². The smallest absolute Gasteiger partial charge is 0.259 e. The minimum absolute atomic E-state index is 0.164. The molecule has 0 saturated carbocycles. The van der Waals surface area contributed by atoms with Gasteiger partial charge in [-0.05, 0) is 6.08 Å². The van der Waals surface area contributed by atoms with Crippen molar-refractivity contribution in [3.8, 4) is 0 Å². The van der Waals surface area contributed by atoms with Crippen LogP contribution in [0.15, 0.2) is 35.3 Å². The Kier molecular flexibility index (Phi) is 2.50. The molecule has 0 spiro atoms. The van der Waals surface area contributed by atoms with Crippen LogP contribution in [-0.2, 0) is 0 Å². The van der Waals surface area contributed by atoms with Gasteiger partial charge in [0.25, 0.3) is 5.70 Å². The molecule has 70 valence electrons. The number of nitrogens with zero attached hydrogens (tertiary/aromatic N) is 1. The Morgan fingerprint density at radius 3 is 2.46 bits per heavy atom. The monoisotopic (exact) mass is 191 g/mol. The van der Waals surface area contributed by atoms with Crippen molar-refractivity contribution in [1.82, 2.24) is 0 Å². The van der Waals surface area contributed by atoms with Crippen molar-refractivity contribution in [3.05, 3.63) is 45.4 Å². The van der Waals surface area contributed by atoms with E-state index < -0.39 is 34.5 Å². The van der Waals surface area contributed by atoms with Gasteiger partial charge in [0, 0.05) is 6.08 Å². The van der Waals surface area contributed by atoms with Crippen molar-refractivity contribution < 1.29 is 18.1 Å². The van der Waals surface area contributed by atoms with E-state index in [1.165, 1.54) is 0 Å². The van der Waals surface area contributed by atoms with Crippen LogP contribution in [0.5, 0.6) is 0 Å². The summed E-state index contributed by atoms with van der Waals surface area (Å²) >= 11 is 0. The number of rotatable bonds is 1. The number of allylic oxidation sites excluding steroid dienone is 5. The van der Waals surface area contributed by atoms with E-state index in [0.717, 1.165) is 0 Å². The van der Waals surface area contributed by atoms with Crippen LogP contribution < -0.4 is 0 Å². The van der Waals surface area contributed by atoms with E-state index in [1.54, 1.807) is 0 Å². The van der Waals surface area contributed by atoms with Gasteiger partial charge in [0.2, 0.25) is 0 Å². The molecule has 0 fully saturated rings. The molecule has 0 bridgehead atoms. The maximum Gasteiger partial charge on any atom is 0.285 e. The molecule has 0 aromatic carbocycles. The highest BCUT2D eigenvalue weighted by molar-refractivity contribution is 5.32. The predicted molar refractivity (Wildman–Crippen MR) is 38.1 cm³/mol. The van der Waals surface area contributed by atoms with Crippen molar-refractivity contribution in [1.29, 1.82) is 0 Å². The van der Waals surface area contributed by atoms with Crippen LogP contribution in [-0.4, -0.2) is 4.92 Å². The van der Waals surface area contributed by atoms with Crippen molar-refractivity contribution in [2.24, 2.45) is 0 Å². The van der Waals surface area contributed by atoms with E-state index >= 15 is 0 Å². The quantitative estimate of drug-likeness (QED) is 0.472. The highest BCUT2D eigenvalue weighted by atomic mass is 19.2. The lowest BCUT2D eigenvalue weighted by Gasteiger charge is -1.91. The molecule has 0 aromatic heterocycles. The molecule has 1 rings (SSSR count). The Bertz CT molecular complexity index is 344. The molecule has 1 aliphatic carbocycles. The van der Waals surface area contributed by atoms with E-state index in [2.05, 4.69) is 0 Å². The topological polar surface area (TPSA) is 43.1 Å². The SMILES string of the molecule is O=[N+]([O-])C1=C(F)C=C(F)C(F)=CC1. The first-order valence-corrected chi connectivity index (χ1v) is 3.28. The Morgan fingerprint density at radius 2 is 1.92 bits per heavy atom. The second-order valence-electron chi connectivity index (χ2n) is 2.30. The summed E-state index contributed by atoms with van der Waals surface area (Å²) in [5.74, 6) is -4.08. The fraction of sp³-hybridized carbons (Fsp3) is 0.143. The molecule has 0 aliphatic heterocycles. The van der Waals surface area contributed by atoms with E-state index in [1.807, 2.05) is 0 Å². The zero-order chi connectivity index (χ0) is 10.0. The Morgan fingerprint density at radius 1 is 1.31 bits per heavy atom. The highest BCUT2D eigenvalue weighted by Gasteiger charge is 2.21. The molecular formula is C7H4F3NO2. The number of halogens is 3. The average Bonchev–Trinajstić information content (AvgIpc) is 2.13. The van der Waals surface area contributed by atoms with Gasteiger partial charge in [-0.25, -0.2) is 8.78 Å². The fourth-order valence-corrected chi connectivity index (χ4v) is 0.807. The van der Waals surface area contributed by atoms with Gasteiger partial charge in [-0.2, -0.15) is 4.39 Å². The number of hydrogen-bond donors (Lipinski definition) is 0. The third-order valence-electron chi connectivity index (χ3n) is 1.45. The summed E-state index contributed by atoms with van der Waals surface area (Å²) < 4.78 is 37.6. The first-order chi connectivity index (χ1) is 6.02. The standard InChI is InChI=1S/C7H4F3NO2/c8-4-1-2-7(11(12)13)6(10)3-5(4)9/h1,3H,2H2. The maximum absolute atomic E-state index is 12.7. The van der Waals surface area contributed by atoms with E-state index in [-0.39, 0.29) is 6.08 Å². The molecule has 0 atom stereocenters. The Labute approximate surface area is 71.0 Å². The Balaban J connectivity index is 3.14. The predicted octanol–water partition coefficient (Wildman–Crippen LogP) is 2.55. The van der Waals surface area contributed by atoms with Crippen molar-refractivity contribution in [2.45, 2.75) is 6.42 Å². The summed E-state index contributed by atoms with van der Waals surface area (Å²) in [6.07, 6.45) is 0.224. The summed E-state index contributed by atoms with van der Waals surface area (Å²) in [5, 5.41) is 10.1. The zero-order valence-electron chi connectivity index (χ0n) is 6.26. The van der Waals surface area contributed by atoms with Crippen LogP contribution in [0.4, 0.5) is 13.2 Å². The Hall–Kier alpha value is -1.59. The third-order valence-corrected chi connectivity index (χ3v) is 1.45. The summed E-state index contributed by atoms with van der Waals surface area (Å²) in [5.41, 5.74) is -0.845. The van der Waals surface area contributed by atoms with Gasteiger partial charge >= 0.3 is 0 Å². The molecule has 0 heterocycles. The second kappa shape index (κ2) is 3.42. The highest BCUT2D eigenvalue weighted by Crippen LogP contribution is 2.25. The molecule has 3 nitrogen and oxygen atoms in total. The van der Waals surface area contributed by atoms with Crippen LogP contribution in [0.1, 0.15) is 6.42 Å². The second-order valence-corrected chi connectivity index (χ2v) is 2.30. The fourth-order valence-electron chi connectivity index (χ4n) is 0.807. The maximum atomic E-state index is 12.7. The van der Waals surface area contributed by atoms with E-state index in [0.29, 0.717) is 6.08 Å². The number of nitro groups is 1. The van der Waals surface area contributed by atoms with Crippen LogP contribution in [0.3, 0.4) is 0 Å².